The molecule has 0 bridgehead atoms. The summed E-state index contributed by atoms with van der Waals surface area (Å²) in [6.07, 6.45) is 6.21. The molecule has 3 rings (SSSR count). The van der Waals surface area contributed by atoms with Gasteiger partial charge in [0.15, 0.2) is 0 Å². The smallest absolute Gasteiger partial charge is 0.0693 e. The lowest BCUT2D eigenvalue weighted by Gasteiger charge is -2.47. The van der Waals surface area contributed by atoms with Crippen molar-refractivity contribution in [3.05, 3.63) is 22.7 Å². The summed E-state index contributed by atoms with van der Waals surface area (Å²) in [5.41, 5.74) is 6.82. The Morgan fingerprint density at radius 3 is 2.89 bits per heavy atom. The Hall–Kier alpha value is -0.190. The van der Waals surface area contributed by atoms with Crippen LogP contribution in [-0.4, -0.2) is 17.5 Å². The van der Waals surface area contributed by atoms with Crippen molar-refractivity contribution in [2.24, 2.45) is 0 Å². The van der Waals surface area contributed by atoms with Crippen molar-refractivity contribution in [1.82, 2.24) is 0 Å². The predicted octanol–water partition coefficient (Wildman–Crippen LogP) is 4.23. The number of halogens is 1. The number of rotatable bonds is 2. The molecule has 1 unspecified atom stereocenters. The molecule has 1 heterocycles. The third-order valence-corrected chi connectivity index (χ3v) is 6.23. The monoisotopic (exact) mass is 327 g/mol. The highest BCUT2D eigenvalue weighted by molar-refractivity contribution is 9.10. The average Bonchev–Trinajstić information content (AvgIpc) is 2.31. The van der Waals surface area contributed by atoms with E-state index in [4.69, 9.17) is 10.5 Å². The normalized spacial score (nSPS) is 25.9. The van der Waals surface area contributed by atoms with Crippen molar-refractivity contribution in [3.8, 4) is 0 Å². The van der Waals surface area contributed by atoms with Crippen LogP contribution in [0.2, 0.25) is 0 Å². The first kappa shape index (κ1) is 12.8. The average molecular weight is 328 g/mol. The fourth-order valence-electron chi connectivity index (χ4n) is 2.80. The zero-order valence-corrected chi connectivity index (χ0v) is 12.7. The first-order chi connectivity index (χ1) is 8.67. The molecule has 1 aliphatic heterocycles. The number of benzene rings is 1. The lowest BCUT2D eigenvalue weighted by atomic mass is 9.75. The fraction of sp³-hybridized carbons (Fsp3) is 0.571. The summed E-state index contributed by atoms with van der Waals surface area (Å²) in [5, 5.41) is 0.680. The molecule has 2 fully saturated rings. The number of nitrogens with two attached hydrogens (primary N) is 1. The minimum atomic E-state index is 0.232. The number of nitrogen functional groups attached to an aromatic ring is 1. The Bertz CT molecular complexity index is 447. The highest BCUT2D eigenvalue weighted by Gasteiger charge is 2.42. The highest BCUT2D eigenvalue weighted by atomic mass is 79.9. The van der Waals surface area contributed by atoms with Crippen LogP contribution >= 0.6 is 27.7 Å². The molecule has 1 aliphatic carbocycles. The quantitative estimate of drug-likeness (QED) is 0.826. The Labute approximate surface area is 121 Å². The van der Waals surface area contributed by atoms with Crippen molar-refractivity contribution in [1.29, 1.82) is 0 Å². The van der Waals surface area contributed by atoms with Gasteiger partial charge in [-0.05, 0) is 66.2 Å². The summed E-state index contributed by atoms with van der Waals surface area (Å²) >= 11 is 5.57. The number of thioether (sulfide) groups is 1. The Balaban J connectivity index is 1.68. The van der Waals surface area contributed by atoms with Crippen LogP contribution in [0, 0.1) is 0 Å². The van der Waals surface area contributed by atoms with Gasteiger partial charge in [0.05, 0.1) is 5.60 Å². The van der Waals surface area contributed by atoms with Crippen LogP contribution < -0.4 is 5.73 Å². The largest absolute Gasteiger partial charge is 0.399 e. The zero-order valence-electron chi connectivity index (χ0n) is 10.3. The molecule has 4 heteroatoms. The van der Waals surface area contributed by atoms with Crippen LogP contribution in [0.1, 0.15) is 32.1 Å². The van der Waals surface area contributed by atoms with Gasteiger partial charge in [-0.25, -0.2) is 0 Å². The number of anilines is 1. The SMILES string of the molecule is Nc1ccc(SC2CCOC3(CCC3)C2)c(Br)c1. The number of hydrogen-bond donors (Lipinski definition) is 1. The van der Waals surface area contributed by atoms with Crippen LogP contribution in [0.4, 0.5) is 5.69 Å². The maximum absolute atomic E-state index is 5.97. The molecule has 18 heavy (non-hydrogen) atoms. The third kappa shape index (κ3) is 2.56. The van der Waals surface area contributed by atoms with Crippen LogP contribution in [-0.2, 0) is 4.74 Å². The van der Waals surface area contributed by atoms with Crippen molar-refractivity contribution >= 4 is 33.4 Å². The molecule has 1 atom stereocenters. The minimum Gasteiger partial charge on any atom is -0.399 e. The molecule has 1 saturated carbocycles. The summed E-state index contributed by atoms with van der Waals surface area (Å²) in [6, 6.07) is 6.08. The Kier molecular flexibility index (Phi) is 3.61. The van der Waals surface area contributed by atoms with Crippen molar-refractivity contribution in [3.63, 3.8) is 0 Å². The zero-order chi connectivity index (χ0) is 12.6. The van der Waals surface area contributed by atoms with Gasteiger partial charge in [-0.2, -0.15) is 0 Å². The summed E-state index contributed by atoms with van der Waals surface area (Å²) < 4.78 is 7.09. The van der Waals surface area contributed by atoms with Gasteiger partial charge in [-0.15, -0.1) is 11.8 Å². The van der Waals surface area contributed by atoms with E-state index in [1.54, 1.807) is 0 Å². The van der Waals surface area contributed by atoms with Gasteiger partial charge in [0.1, 0.15) is 0 Å². The summed E-state index contributed by atoms with van der Waals surface area (Å²) in [6.45, 7) is 0.921. The summed E-state index contributed by atoms with van der Waals surface area (Å²) in [7, 11) is 0. The van der Waals surface area contributed by atoms with E-state index in [0.29, 0.717) is 5.25 Å². The van der Waals surface area contributed by atoms with E-state index in [1.807, 2.05) is 23.9 Å². The highest BCUT2D eigenvalue weighted by Crippen LogP contribution is 2.47. The van der Waals surface area contributed by atoms with E-state index in [1.165, 1.54) is 30.6 Å². The number of hydrogen-bond acceptors (Lipinski definition) is 3. The minimum absolute atomic E-state index is 0.232. The summed E-state index contributed by atoms with van der Waals surface area (Å²) in [4.78, 5) is 1.30. The molecule has 1 aromatic rings. The van der Waals surface area contributed by atoms with E-state index < -0.39 is 0 Å². The molecule has 0 aromatic heterocycles. The molecular weight excluding hydrogens is 310 g/mol. The van der Waals surface area contributed by atoms with Crippen LogP contribution in [0.5, 0.6) is 0 Å². The van der Waals surface area contributed by atoms with Crippen LogP contribution in [0.25, 0.3) is 0 Å². The van der Waals surface area contributed by atoms with Gasteiger partial charge < -0.3 is 10.5 Å². The topological polar surface area (TPSA) is 35.2 Å². The standard InChI is InChI=1S/C14H18BrNOS/c15-12-8-10(16)2-3-13(12)18-11-4-7-17-14(9-11)5-1-6-14/h2-3,8,11H,1,4-7,9,16H2. The molecule has 98 valence electrons. The first-order valence-electron chi connectivity index (χ1n) is 6.53. The van der Waals surface area contributed by atoms with Gasteiger partial charge in [-0.1, -0.05) is 0 Å². The van der Waals surface area contributed by atoms with Gasteiger partial charge in [0, 0.05) is 26.9 Å². The lowest BCUT2D eigenvalue weighted by Crippen LogP contribution is -2.46. The molecule has 2 nitrogen and oxygen atoms in total. The van der Waals surface area contributed by atoms with Gasteiger partial charge in [0.2, 0.25) is 0 Å². The van der Waals surface area contributed by atoms with Gasteiger partial charge in [-0.3, -0.25) is 0 Å². The van der Waals surface area contributed by atoms with Crippen molar-refractivity contribution in [2.75, 3.05) is 12.3 Å². The van der Waals surface area contributed by atoms with E-state index in [0.717, 1.165) is 23.2 Å². The second-order valence-electron chi connectivity index (χ2n) is 5.31. The Morgan fingerprint density at radius 1 is 1.39 bits per heavy atom. The molecule has 2 N–H and O–H groups in total. The second-order valence-corrected chi connectivity index (χ2v) is 7.50. The van der Waals surface area contributed by atoms with Crippen LogP contribution in [0.15, 0.2) is 27.6 Å². The Morgan fingerprint density at radius 2 is 2.22 bits per heavy atom. The lowest BCUT2D eigenvalue weighted by molar-refractivity contribution is -0.125. The van der Waals surface area contributed by atoms with E-state index >= 15 is 0 Å². The predicted molar refractivity (Wildman–Crippen MR) is 80.0 cm³/mol. The van der Waals surface area contributed by atoms with Gasteiger partial charge >= 0.3 is 0 Å². The molecule has 0 amide bonds. The first-order valence-corrected chi connectivity index (χ1v) is 8.20. The third-order valence-electron chi connectivity index (χ3n) is 3.96. The van der Waals surface area contributed by atoms with E-state index in [-0.39, 0.29) is 5.60 Å². The second kappa shape index (κ2) is 5.06. The molecule has 2 aliphatic rings. The van der Waals surface area contributed by atoms with Crippen molar-refractivity contribution in [2.45, 2.75) is 47.9 Å². The van der Waals surface area contributed by atoms with E-state index in [2.05, 4.69) is 22.0 Å². The molecule has 1 spiro atoms. The van der Waals surface area contributed by atoms with E-state index in [9.17, 15) is 0 Å². The number of ether oxygens (including phenoxy) is 1. The van der Waals surface area contributed by atoms with Gasteiger partial charge in [0.25, 0.3) is 0 Å². The maximum atomic E-state index is 5.97. The summed E-state index contributed by atoms with van der Waals surface area (Å²) in [5.74, 6) is 0. The van der Waals surface area contributed by atoms with Crippen molar-refractivity contribution < 1.29 is 4.74 Å². The molecule has 0 radical (unpaired) electrons. The van der Waals surface area contributed by atoms with Crippen LogP contribution in [0.3, 0.4) is 0 Å². The molecule has 1 aromatic carbocycles. The maximum Gasteiger partial charge on any atom is 0.0693 e. The molecular formula is C14H18BrNOS. The molecule has 1 saturated heterocycles. The fourth-order valence-corrected chi connectivity index (χ4v) is 4.75.